The predicted molar refractivity (Wildman–Crippen MR) is 160 cm³/mol. The lowest BCUT2D eigenvalue weighted by Gasteiger charge is -2.49. The number of ether oxygens (including phenoxy) is 1. The van der Waals surface area contributed by atoms with E-state index in [4.69, 9.17) is 20.4 Å². The molecule has 1 saturated heterocycles. The molecule has 2 aromatic carbocycles. The summed E-state index contributed by atoms with van der Waals surface area (Å²) >= 11 is 0. The Labute approximate surface area is 233 Å². The highest BCUT2D eigenvalue weighted by atomic mass is 28.4. The number of benzene rings is 2. The average molecular weight is 550 g/mol. The van der Waals surface area contributed by atoms with E-state index < -0.39 is 38.2 Å². The Morgan fingerprint density at radius 2 is 1.74 bits per heavy atom. The van der Waals surface area contributed by atoms with Gasteiger partial charge in [-0.3, -0.25) is 4.90 Å². The van der Waals surface area contributed by atoms with Gasteiger partial charge in [-0.25, -0.2) is 4.79 Å². The minimum atomic E-state index is -2.93. The van der Waals surface area contributed by atoms with Crippen molar-refractivity contribution in [1.29, 1.82) is 0 Å². The molecular formula is C30H43N5O3Si. The van der Waals surface area contributed by atoms with Crippen LogP contribution in [0.1, 0.15) is 53.9 Å². The van der Waals surface area contributed by atoms with Gasteiger partial charge in [-0.05, 0) is 47.1 Å². The Bertz CT molecular complexity index is 1110. The number of rotatable bonds is 13. The molecule has 1 aliphatic heterocycles. The third-order valence-corrected chi connectivity index (χ3v) is 12.9. The first-order valence-corrected chi connectivity index (χ1v) is 15.6. The van der Waals surface area contributed by atoms with Gasteiger partial charge in [0.2, 0.25) is 0 Å². The van der Waals surface area contributed by atoms with Crippen molar-refractivity contribution in [3.05, 3.63) is 83.8 Å². The summed E-state index contributed by atoms with van der Waals surface area (Å²) in [4.78, 5) is 17.9. The first-order valence-electron chi connectivity index (χ1n) is 13.7. The van der Waals surface area contributed by atoms with Gasteiger partial charge in [0.15, 0.2) is 5.60 Å². The van der Waals surface area contributed by atoms with Crippen molar-refractivity contribution in [3.63, 3.8) is 0 Å². The van der Waals surface area contributed by atoms with E-state index in [1.54, 1.807) is 11.0 Å². The highest BCUT2D eigenvalue weighted by Crippen LogP contribution is 2.43. The summed E-state index contributed by atoms with van der Waals surface area (Å²) in [6.07, 6.45) is 2.78. The van der Waals surface area contributed by atoms with Crippen LogP contribution in [0.5, 0.6) is 0 Å². The molecule has 39 heavy (non-hydrogen) atoms. The molecule has 210 valence electrons. The smallest absolute Gasteiger partial charge is 0.410 e. The first-order chi connectivity index (χ1) is 18.6. The fourth-order valence-corrected chi connectivity index (χ4v) is 10.8. The van der Waals surface area contributed by atoms with Gasteiger partial charge in [-0.15, -0.1) is 6.58 Å². The number of hydrogen-bond donors (Lipinski definition) is 1. The van der Waals surface area contributed by atoms with Crippen LogP contribution in [0.2, 0.25) is 5.04 Å². The Morgan fingerprint density at radius 1 is 1.18 bits per heavy atom. The highest BCUT2D eigenvalue weighted by Gasteiger charge is 2.60. The summed E-state index contributed by atoms with van der Waals surface area (Å²) in [7, 11) is -2.93. The fourth-order valence-electron chi connectivity index (χ4n) is 5.96. The molecule has 1 fully saturated rings. The van der Waals surface area contributed by atoms with Crippen LogP contribution < -0.4 is 16.1 Å². The predicted octanol–water partition coefficient (Wildman–Crippen LogP) is 5.52. The van der Waals surface area contributed by atoms with Crippen LogP contribution in [0, 0.1) is 0 Å². The number of carbonyl (C=O) groups is 1. The molecule has 8 nitrogen and oxygen atoms in total. The number of cyclic esters (lactones) is 1. The third-order valence-electron chi connectivity index (χ3n) is 7.82. The molecule has 0 radical (unpaired) electrons. The number of nitrogens with zero attached hydrogens (tertiary/aromatic N) is 4. The molecule has 0 spiro atoms. The van der Waals surface area contributed by atoms with Crippen molar-refractivity contribution >= 4 is 24.8 Å². The third kappa shape index (κ3) is 6.07. The minimum Gasteiger partial charge on any atom is -0.438 e. The SMILES string of the molecule is C=C[C@@H](N)[C@H]1N(CCCCN=[N+]=[N-])C(=O)O[C@]1(C)[C@@H](CC)O[Si](c1ccccc1)(c1ccccc1)C(C)(C)C. The normalized spacial score (nSPS) is 21.1. The number of amides is 1. The lowest BCUT2D eigenvalue weighted by molar-refractivity contribution is -0.0548. The zero-order chi connectivity index (χ0) is 28.7. The topological polar surface area (TPSA) is 114 Å². The molecule has 0 bridgehead atoms. The monoisotopic (exact) mass is 549 g/mol. The average Bonchev–Trinajstić information content (AvgIpc) is 3.18. The summed E-state index contributed by atoms with van der Waals surface area (Å²) in [6, 6.07) is 19.9. The van der Waals surface area contributed by atoms with E-state index in [-0.39, 0.29) is 5.04 Å². The number of unbranched alkanes of at least 4 members (excludes halogenated alkanes) is 1. The molecule has 9 heteroatoms. The van der Waals surface area contributed by atoms with Crippen LogP contribution in [0.25, 0.3) is 10.4 Å². The minimum absolute atomic E-state index is 0.237. The van der Waals surface area contributed by atoms with Gasteiger partial charge < -0.3 is 14.9 Å². The number of azide groups is 1. The van der Waals surface area contributed by atoms with E-state index in [9.17, 15) is 4.79 Å². The van der Waals surface area contributed by atoms with E-state index in [1.165, 1.54) is 0 Å². The maximum absolute atomic E-state index is 13.4. The maximum atomic E-state index is 13.4. The van der Waals surface area contributed by atoms with Crippen molar-refractivity contribution in [3.8, 4) is 0 Å². The van der Waals surface area contributed by atoms with Crippen LogP contribution in [-0.2, 0) is 9.16 Å². The van der Waals surface area contributed by atoms with E-state index in [2.05, 4.69) is 92.8 Å². The molecule has 1 amide bonds. The fraction of sp³-hybridized carbons (Fsp3) is 0.500. The summed E-state index contributed by atoms with van der Waals surface area (Å²) in [5, 5.41) is 5.69. The summed E-state index contributed by atoms with van der Waals surface area (Å²) in [5.74, 6) is 0. The molecule has 0 aliphatic carbocycles. The lowest BCUT2D eigenvalue weighted by Crippen LogP contribution is -2.70. The number of hydrogen-bond acceptors (Lipinski definition) is 5. The van der Waals surface area contributed by atoms with Crippen LogP contribution in [0.4, 0.5) is 4.79 Å². The van der Waals surface area contributed by atoms with Crippen LogP contribution in [-0.4, -0.2) is 56.2 Å². The second kappa shape index (κ2) is 12.8. The van der Waals surface area contributed by atoms with E-state index in [0.29, 0.717) is 32.4 Å². The first kappa shape index (κ1) is 30.4. The molecule has 2 aromatic rings. The van der Waals surface area contributed by atoms with Gasteiger partial charge >= 0.3 is 6.09 Å². The Hall–Kier alpha value is -3.10. The summed E-state index contributed by atoms with van der Waals surface area (Å²) in [5.41, 5.74) is 14.2. The molecule has 0 saturated carbocycles. The number of carbonyl (C=O) groups excluding carboxylic acids is 1. The van der Waals surface area contributed by atoms with Gasteiger partial charge in [-0.1, -0.05) is 99.5 Å². The molecule has 1 heterocycles. The molecule has 1 aliphatic rings. The number of nitrogens with two attached hydrogens (primary N) is 1. The molecule has 0 unspecified atom stereocenters. The van der Waals surface area contributed by atoms with Gasteiger partial charge in [0.1, 0.15) is 0 Å². The molecule has 4 atom stereocenters. The highest BCUT2D eigenvalue weighted by molar-refractivity contribution is 6.99. The van der Waals surface area contributed by atoms with Crippen molar-refractivity contribution in [2.75, 3.05) is 13.1 Å². The maximum Gasteiger partial charge on any atom is 0.410 e. The van der Waals surface area contributed by atoms with Gasteiger partial charge in [-0.2, -0.15) is 0 Å². The van der Waals surface area contributed by atoms with Crippen molar-refractivity contribution in [1.82, 2.24) is 4.90 Å². The Balaban J connectivity index is 2.10. The second-order valence-electron chi connectivity index (χ2n) is 11.3. The quantitative estimate of drug-likeness (QED) is 0.0884. The van der Waals surface area contributed by atoms with Gasteiger partial charge in [0.05, 0.1) is 12.1 Å². The molecular weight excluding hydrogens is 506 g/mol. The van der Waals surface area contributed by atoms with Gasteiger partial charge in [0, 0.05) is 24.0 Å². The van der Waals surface area contributed by atoms with Crippen molar-refractivity contribution in [2.45, 2.75) is 82.7 Å². The van der Waals surface area contributed by atoms with Gasteiger partial charge in [0.25, 0.3) is 8.32 Å². The summed E-state index contributed by atoms with van der Waals surface area (Å²) in [6.45, 7) is 15.5. The van der Waals surface area contributed by atoms with Crippen molar-refractivity contribution < 1.29 is 14.0 Å². The van der Waals surface area contributed by atoms with E-state index in [1.807, 2.05) is 19.1 Å². The van der Waals surface area contributed by atoms with Crippen LogP contribution in [0.15, 0.2) is 78.4 Å². The zero-order valence-electron chi connectivity index (χ0n) is 23.9. The van der Waals surface area contributed by atoms with E-state index >= 15 is 0 Å². The van der Waals surface area contributed by atoms with Crippen LogP contribution in [0.3, 0.4) is 0 Å². The van der Waals surface area contributed by atoms with Crippen LogP contribution >= 0.6 is 0 Å². The standard InChI is InChI=1S/C30H43N5O3Si/c1-7-25(31)27-30(6,37-28(36)35(27)22-16-15-21-33-34-32)26(8-2)38-39(29(3,4)5,23-17-11-9-12-18-23)24-19-13-10-14-20-24/h7,9-14,17-20,25-27H,1,8,15-16,21-22,31H2,2-6H3/t25-,26-,27-,30-/m1/s1. The second-order valence-corrected chi connectivity index (χ2v) is 15.6. The molecule has 3 rings (SSSR count). The lowest BCUT2D eigenvalue weighted by atomic mass is 9.84. The Morgan fingerprint density at radius 3 is 2.21 bits per heavy atom. The zero-order valence-corrected chi connectivity index (χ0v) is 24.9. The Kier molecular flexibility index (Phi) is 10.0. The largest absolute Gasteiger partial charge is 0.438 e. The molecule has 2 N–H and O–H groups in total. The van der Waals surface area contributed by atoms with Crippen molar-refractivity contribution in [2.24, 2.45) is 10.8 Å². The molecule has 0 aromatic heterocycles. The van der Waals surface area contributed by atoms with E-state index in [0.717, 1.165) is 10.4 Å². The summed E-state index contributed by atoms with van der Waals surface area (Å²) < 4.78 is 13.7.